The molecule has 0 radical (unpaired) electrons. The predicted molar refractivity (Wildman–Crippen MR) is 106 cm³/mol. The van der Waals surface area contributed by atoms with Crippen molar-refractivity contribution in [3.8, 4) is 23.3 Å². The second kappa shape index (κ2) is 10.3. The van der Waals surface area contributed by atoms with Gasteiger partial charge in [-0.15, -0.1) is 0 Å². The van der Waals surface area contributed by atoms with Crippen LogP contribution in [0.25, 0.3) is 6.08 Å². The highest BCUT2D eigenvalue weighted by Gasteiger charge is 2.33. The third-order valence-corrected chi connectivity index (χ3v) is 3.90. The fraction of sp³-hybridized carbons (Fsp3) is 0.238. The van der Waals surface area contributed by atoms with Crippen molar-refractivity contribution in [2.24, 2.45) is 0 Å². The van der Waals surface area contributed by atoms with Gasteiger partial charge in [0.25, 0.3) is 0 Å². The molecule has 0 aliphatic heterocycles. The van der Waals surface area contributed by atoms with Gasteiger partial charge in [-0.25, -0.2) is 4.79 Å². The highest BCUT2D eigenvalue weighted by Crippen LogP contribution is 2.40. The molecule has 11 heteroatoms. The van der Waals surface area contributed by atoms with Crippen LogP contribution in [0.15, 0.2) is 42.0 Å². The van der Waals surface area contributed by atoms with E-state index in [1.807, 2.05) is 0 Å². The molecule has 0 saturated carbocycles. The Morgan fingerprint density at radius 3 is 2.38 bits per heavy atom. The molecule has 0 saturated heterocycles. The predicted octanol–water partition coefficient (Wildman–Crippen LogP) is 5.27. The number of rotatable bonds is 8. The van der Waals surface area contributed by atoms with Gasteiger partial charge in [-0.3, -0.25) is 10.1 Å². The van der Waals surface area contributed by atoms with Crippen LogP contribution < -0.4 is 9.47 Å². The maximum atomic E-state index is 12.9. The molecular weight excluding hydrogens is 433 g/mol. The molecule has 0 fully saturated rings. The van der Waals surface area contributed by atoms with E-state index in [9.17, 15) is 28.1 Å². The van der Waals surface area contributed by atoms with Crippen LogP contribution in [0.1, 0.15) is 25.0 Å². The van der Waals surface area contributed by atoms with Crippen LogP contribution in [0.3, 0.4) is 0 Å². The molecule has 168 valence electrons. The molecule has 32 heavy (non-hydrogen) atoms. The quantitative estimate of drug-likeness (QED) is 0.177. The second-order valence-corrected chi connectivity index (χ2v) is 6.07. The molecule has 0 aromatic heterocycles. The van der Waals surface area contributed by atoms with E-state index < -0.39 is 34.1 Å². The summed E-state index contributed by atoms with van der Waals surface area (Å²) in [6.07, 6.45) is -3.50. The molecule has 8 nitrogen and oxygen atoms in total. The number of hydrogen-bond donors (Lipinski definition) is 0. The number of nitro benzene ring substituents is 1. The number of carbonyl (C=O) groups excluding carboxylic acids is 1. The van der Waals surface area contributed by atoms with E-state index in [0.29, 0.717) is 17.7 Å². The lowest BCUT2D eigenvalue weighted by Gasteiger charge is -2.13. The van der Waals surface area contributed by atoms with Crippen LogP contribution >= 0.6 is 0 Å². The van der Waals surface area contributed by atoms with Crippen molar-refractivity contribution in [1.29, 1.82) is 5.26 Å². The lowest BCUT2D eigenvalue weighted by molar-refractivity contribution is -0.385. The summed E-state index contributed by atoms with van der Waals surface area (Å²) in [5.74, 6) is -1.15. The SMILES string of the molecule is CCOC(=O)/C(C#N)=C\c1ccc(Oc2ccc(C(F)(F)F)cc2[N+](=O)[O-])c(OCC)c1. The number of hydrogen-bond acceptors (Lipinski definition) is 7. The number of ether oxygens (including phenoxy) is 3. The topological polar surface area (TPSA) is 112 Å². The normalized spacial score (nSPS) is 11.4. The van der Waals surface area contributed by atoms with Gasteiger partial charge in [0.2, 0.25) is 5.75 Å². The molecule has 0 spiro atoms. The van der Waals surface area contributed by atoms with Crippen LogP contribution in [0, 0.1) is 21.4 Å². The third-order valence-electron chi connectivity index (χ3n) is 3.90. The number of carbonyl (C=O) groups is 1. The lowest BCUT2D eigenvalue weighted by Crippen LogP contribution is -2.06. The molecule has 0 unspecified atom stereocenters. The van der Waals surface area contributed by atoms with Gasteiger partial charge in [0.1, 0.15) is 11.6 Å². The molecule has 0 N–H and O–H groups in total. The summed E-state index contributed by atoms with van der Waals surface area (Å²) >= 11 is 0. The maximum absolute atomic E-state index is 12.9. The molecule has 0 bridgehead atoms. The highest BCUT2D eigenvalue weighted by molar-refractivity contribution is 5.97. The lowest BCUT2D eigenvalue weighted by atomic mass is 10.1. The Labute approximate surface area is 180 Å². The standard InChI is InChI=1S/C21H17F3N2O6/c1-3-30-19-10-13(9-14(12-25)20(27)31-4-2)5-7-18(19)32-17-8-6-15(21(22,23)24)11-16(17)26(28)29/h5-11H,3-4H2,1-2H3/b14-9-. The third kappa shape index (κ3) is 5.98. The van der Waals surface area contributed by atoms with Crippen molar-refractivity contribution in [2.45, 2.75) is 20.0 Å². The summed E-state index contributed by atoms with van der Waals surface area (Å²) in [6.45, 7) is 3.50. The van der Waals surface area contributed by atoms with Crippen molar-refractivity contribution in [3.63, 3.8) is 0 Å². The number of nitro groups is 1. The van der Waals surface area contributed by atoms with Gasteiger partial charge >= 0.3 is 17.8 Å². The van der Waals surface area contributed by atoms with E-state index in [4.69, 9.17) is 19.5 Å². The molecule has 2 aromatic carbocycles. The average Bonchev–Trinajstić information content (AvgIpc) is 2.73. The Kier molecular flexibility index (Phi) is 7.79. The summed E-state index contributed by atoms with van der Waals surface area (Å²) in [5.41, 5.74) is -1.96. The van der Waals surface area contributed by atoms with E-state index in [-0.39, 0.29) is 30.3 Å². The number of benzene rings is 2. The molecule has 0 atom stereocenters. The maximum Gasteiger partial charge on any atom is 0.416 e. The van der Waals surface area contributed by atoms with E-state index in [0.717, 1.165) is 6.07 Å². The summed E-state index contributed by atoms with van der Waals surface area (Å²) in [5, 5.41) is 20.4. The van der Waals surface area contributed by atoms with E-state index in [2.05, 4.69) is 0 Å². The smallest absolute Gasteiger partial charge is 0.416 e. The van der Waals surface area contributed by atoms with Crippen LogP contribution in [0.5, 0.6) is 17.2 Å². The number of nitrogens with zero attached hydrogens (tertiary/aromatic N) is 2. The van der Waals surface area contributed by atoms with Crippen molar-refractivity contribution in [2.75, 3.05) is 13.2 Å². The Bertz CT molecular complexity index is 1090. The van der Waals surface area contributed by atoms with Crippen molar-refractivity contribution in [1.82, 2.24) is 0 Å². The van der Waals surface area contributed by atoms with Gasteiger partial charge < -0.3 is 14.2 Å². The fourth-order valence-corrected chi connectivity index (χ4v) is 2.52. The average molecular weight is 450 g/mol. The van der Waals surface area contributed by atoms with E-state index in [1.165, 1.54) is 24.3 Å². The first-order chi connectivity index (χ1) is 15.1. The van der Waals surface area contributed by atoms with Crippen molar-refractivity contribution in [3.05, 3.63) is 63.2 Å². The molecular formula is C21H17F3N2O6. The molecule has 0 aliphatic rings. The van der Waals surface area contributed by atoms with Crippen LogP contribution in [-0.2, 0) is 15.7 Å². The molecule has 2 rings (SSSR count). The summed E-state index contributed by atoms with van der Waals surface area (Å²) < 4.78 is 54.4. The van der Waals surface area contributed by atoms with Gasteiger partial charge in [0.15, 0.2) is 11.5 Å². The Morgan fingerprint density at radius 2 is 1.81 bits per heavy atom. The number of nitriles is 1. The minimum absolute atomic E-state index is 0.0125. The number of halogens is 3. The number of alkyl halides is 3. The first-order valence-corrected chi connectivity index (χ1v) is 9.19. The first kappa shape index (κ1) is 24.2. The van der Waals surface area contributed by atoms with Gasteiger partial charge in [0.05, 0.1) is 23.7 Å². The number of esters is 1. The monoisotopic (exact) mass is 450 g/mol. The minimum atomic E-state index is -4.76. The van der Waals surface area contributed by atoms with Gasteiger partial charge in [-0.2, -0.15) is 18.4 Å². The van der Waals surface area contributed by atoms with Gasteiger partial charge in [0, 0.05) is 6.07 Å². The zero-order valence-corrected chi connectivity index (χ0v) is 16.9. The fourth-order valence-electron chi connectivity index (χ4n) is 2.52. The summed E-state index contributed by atoms with van der Waals surface area (Å²) in [7, 11) is 0. The Hall–Kier alpha value is -4.07. The summed E-state index contributed by atoms with van der Waals surface area (Å²) in [6, 6.07) is 7.81. The van der Waals surface area contributed by atoms with Crippen molar-refractivity contribution < 1.29 is 37.1 Å². The van der Waals surface area contributed by atoms with Crippen molar-refractivity contribution >= 4 is 17.7 Å². The van der Waals surface area contributed by atoms with Gasteiger partial charge in [-0.05, 0) is 49.8 Å². The van der Waals surface area contributed by atoms with Crippen LogP contribution in [-0.4, -0.2) is 24.1 Å². The van der Waals surface area contributed by atoms with Crippen LogP contribution in [0.2, 0.25) is 0 Å². The highest BCUT2D eigenvalue weighted by atomic mass is 19.4. The largest absolute Gasteiger partial charge is 0.490 e. The molecule has 0 heterocycles. The molecule has 2 aromatic rings. The molecule has 0 amide bonds. The van der Waals surface area contributed by atoms with E-state index >= 15 is 0 Å². The zero-order chi connectivity index (χ0) is 23.9. The van der Waals surface area contributed by atoms with E-state index in [1.54, 1.807) is 19.9 Å². The molecule has 0 aliphatic carbocycles. The minimum Gasteiger partial charge on any atom is -0.490 e. The summed E-state index contributed by atoms with van der Waals surface area (Å²) in [4.78, 5) is 22.1. The zero-order valence-electron chi connectivity index (χ0n) is 16.9. The Balaban J connectivity index is 2.46. The van der Waals surface area contributed by atoms with Crippen LogP contribution in [0.4, 0.5) is 18.9 Å². The second-order valence-electron chi connectivity index (χ2n) is 6.07. The first-order valence-electron chi connectivity index (χ1n) is 9.19. The Morgan fingerprint density at radius 1 is 1.12 bits per heavy atom. The van der Waals surface area contributed by atoms with Gasteiger partial charge in [-0.1, -0.05) is 6.07 Å².